The van der Waals surface area contributed by atoms with E-state index in [1.165, 1.54) is 6.08 Å². The van der Waals surface area contributed by atoms with Crippen molar-refractivity contribution in [1.29, 1.82) is 0 Å². The summed E-state index contributed by atoms with van der Waals surface area (Å²) in [4.78, 5) is 25.7. The van der Waals surface area contributed by atoms with Crippen molar-refractivity contribution in [1.82, 2.24) is 5.48 Å². The van der Waals surface area contributed by atoms with Crippen LogP contribution in [0, 0.1) is 11.8 Å². The number of anilines is 1. The Balaban J connectivity index is 2.96. The number of rotatable bonds is 7. The number of carbonyl (C=O) groups is 2. The van der Waals surface area contributed by atoms with Crippen molar-refractivity contribution in [2.75, 3.05) is 19.0 Å². The Labute approximate surface area is 143 Å². The zero-order valence-corrected chi connectivity index (χ0v) is 14.9. The van der Waals surface area contributed by atoms with Gasteiger partial charge in [-0.2, -0.15) is 0 Å². The Morgan fingerprint density at radius 2 is 1.67 bits per heavy atom. The van der Waals surface area contributed by atoms with Gasteiger partial charge in [0.1, 0.15) is 0 Å². The average molecular weight is 330 g/mol. The smallest absolute Gasteiger partial charge is 0.267 e. The van der Waals surface area contributed by atoms with E-state index in [2.05, 4.69) is 0 Å². The number of allylic oxidation sites excluding steroid dienone is 3. The lowest BCUT2D eigenvalue weighted by molar-refractivity contribution is -0.124. The van der Waals surface area contributed by atoms with Crippen LogP contribution in [0.5, 0.6) is 0 Å². The van der Waals surface area contributed by atoms with Crippen molar-refractivity contribution in [3.8, 4) is 0 Å². The Bertz CT molecular complexity index is 629. The summed E-state index contributed by atoms with van der Waals surface area (Å²) >= 11 is 0. The molecule has 0 aromatic heterocycles. The van der Waals surface area contributed by atoms with E-state index in [9.17, 15) is 9.59 Å². The highest BCUT2D eigenvalue weighted by Crippen LogP contribution is 2.19. The molecule has 0 bridgehead atoms. The Morgan fingerprint density at radius 3 is 2.12 bits per heavy atom. The predicted molar refractivity (Wildman–Crippen MR) is 96.3 cm³/mol. The molecule has 5 heteroatoms. The molecule has 0 radical (unpaired) electrons. The van der Waals surface area contributed by atoms with E-state index < -0.39 is 5.91 Å². The number of amides is 1. The summed E-state index contributed by atoms with van der Waals surface area (Å²) < 4.78 is 0. The number of hydrogen-bond donors (Lipinski definition) is 2. The normalized spacial score (nSPS) is 13.2. The second-order valence-corrected chi connectivity index (χ2v) is 6.22. The fraction of sp³-hybridized carbons (Fsp3) is 0.368. The monoisotopic (exact) mass is 330 g/mol. The maximum atomic E-state index is 12.6. The van der Waals surface area contributed by atoms with E-state index in [1.54, 1.807) is 11.6 Å². The molecule has 130 valence electrons. The number of hydroxylamine groups is 1. The first-order chi connectivity index (χ1) is 11.3. The fourth-order valence-corrected chi connectivity index (χ4v) is 2.20. The quantitative estimate of drug-likeness (QED) is 0.265. The molecule has 2 N–H and O–H groups in total. The molecule has 1 aromatic rings. The van der Waals surface area contributed by atoms with Crippen molar-refractivity contribution in [3.05, 3.63) is 53.6 Å². The summed E-state index contributed by atoms with van der Waals surface area (Å²) in [5.41, 5.74) is 4.11. The van der Waals surface area contributed by atoms with Crippen LogP contribution in [-0.4, -0.2) is 31.0 Å². The highest BCUT2D eigenvalue weighted by molar-refractivity contribution is 5.99. The van der Waals surface area contributed by atoms with Gasteiger partial charge in [-0.25, -0.2) is 5.48 Å². The lowest BCUT2D eigenvalue weighted by atomic mass is 9.93. The summed E-state index contributed by atoms with van der Waals surface area (Å²) in [7, 11) is 3.90. The molecular formula is C19H26N2O3. The summed E-state index contributed by atoms with van der Waals surface area (Å²) in [5, 5.41) is 8.54. The molecule has 0 fully saturated rings. The summed E-state index contributed by atoms with van der Waals surface area (Å²) in [6.45, 7) is 5.80. The van der Waals surface area contributed by atoms with E-state index in [0.29, 0.717) is 5.56 Å². The molecule has 1 amide bonds. The minimum absolute atomic E-state index is 0.0264. The van der Waals surface area contributed by atoms with Crippen molar-refractivity contribution in [2.45, 2.75) is 20.8 Å². The maximum absolute atomic E-state index is 12.6. The minimum atomic E-state index is -0.597. The molecule has 0 spiro atoms. The fourth-order valence-electron chi connectivity index (χ4n) is 2.20. The zero-order chi connectivity index (χ0) is 18.3. The van der Waals surface area contributed by atoms with Crippen LogP contribution >= 0.6 is 0 Å². The molecule has 0 heterocycles. The molecule has 1 atom stereocenters. The van der Waals surface area contributed by atoms with Crippen molar-refractivity contribution >= 4 is 17.4 Å². The predicted octanol–water partition coefficient (Wildman–Crippen LogP) is 3.22. The lowest BCUT2D eigenvalue weighted by Crippen LogP contribution is -2.15. The van der Waals surface area contributed by atoms with Gasteiger partial charge in [-0.05, 0) is 35.8 Å². The number of nitrogens with one attached hydrogen (secondary N) is 1. The van der Waals surface area contributed by atoms with Crippen LogP contribution in [0.4, 0.5) is 5.69 Å². The molecule has 0 unspecified atom stereocenters. The van der Waals surface area contributed by atoms with Gasteiger partial charge in [0.05, 0.1) is 0 Å². The van der Waals surface area contributed by atoms with Gasteiger partial charge in [-0.1, -0.05) is 32.9 Å². The molecule has 0 saturated carbocycles. The second kappa shape index (κ2) is 9.03. The summed E-state index contributed by atoms with van der Waals surface area (Å²) in [6.07, 6.45) is 4.72. The molecule has 1 aromatic carbocycles. The van der Waals surface area contributed by atoms with Crippen LogP contribution in [0.2, 0.25) is 0 Å². The third-order valence-electron chi connectivity index (χ3n) is 3.73. The molecule has 0 aliphatic heterocycles. The number of ketones is 1. The molecule has 0 aliphatic carbocycles. The van der Waals surface area contributed by atoms with E-state index in [4.69, 9.17) is 5.21 Å². The van der Waals surface area contributed by atoms with E-state index in [0.717, 1.165) is 11.3 Å². The Morgan fingerprint density at radius 1 is 1.08 bits per heavy atom. The third kappa shape index (κ3) is 5.66. The minimum Gasteiger partial charge on any atom is -0.378 e. The summed E-state index contributed by atoms with van der Waals surface area (Å²) in [5.74, 6) is -0.730. The summed E-state index contributed by atoms with van der Waals surface area (Å²) in [6, 6.07) is 7.48. The second-order valence-electron chi connectivity index (χ2n) is 6.22. The standard InChI is InChI=1S/C19H26N2O3/c1-13(2)16(8-11-18(22)20-24)12-14(3)19(23)15-6-9-17(10-7-15)21(4)5/h6-14,24H,1-5H3,(H,20,22)/b11-8+,16-12-/t14-/m1/s1. The highest BCUT2D eigenvalue weighted by Gasteiger charge is 2.14. The number of hydrogen-bond acceptors (Lipinski definition) is 4. The van der Waals surface area contributed by atoms with Gasteiger partial charge in [0.15, 0.2) is 5.78 Å². The van der Waals surface area contributed by atoms with Crippen LogP contribution in [0.1, 0.15) is 31.1 Å². The highest BCUT2D eigenvalue weighted by atomic mass is 16.5. The Hall–Kier alpha value is -2.40. The lowest BCUT2D eigenvalue weighted by Gasteiger charge is -2.14. The number of Topliss-reactive ketones (excluding diaryl/α,β-unsaturated/α-hetero) is 1. The van der Waals surface area contributed by atoms with Crippen LogP contribution in [-0.2, 0) is 4.79 Å². The molecule has 0 aliphatic rings. The van der Waals surface area contributed by atoms with Crippen molar-refractivity contribution in [3.63, 3.8) is 0 Å². The molecule has 5 nitrogen and oxygen atoms in total. The van der Waals surface area contributed by atoms with E-state index >= 15 is 0 Å². The van der Waals surface area contributed by atoms with Gasteiger partial charge in [-0.15, -0.1) is 0 Å². The van der Waals surface area contributed by atoms with Crippen molar-refractivity contribution in [2.24, 2.45) is 11.8 Å². The van der Waals surface area contributed by atoms with E-state index in [-0.39, 0.29) is 17.6 Å². The van der Waals surface area contributed by atoms with Crippen molar-refractivity contribution < 1.29 is 14.8 Å². The number of nitrogens with zero attached hydrogens (tertiary/aromatic N) is 1. The first-order valence-corrected chi connectivity index (χ1v) is 7.91. The van der Waals surface area contributed by atoms with Gasteiger partial charge < -0.3 is 4.90 Å². The first-order valence-electron chi connectivity index (χ1n) is 7.91. The van der Waals surface area contributed by atoms with Gasteiger partial charge in [0.25, 0.3) is 5.91 Å². The van der Waals surface area contributed by atoms with E-state index in [1.807, 2.05) is 70.1 Å². The van der Waals surface area contributed by atoms with Gasteiger partial charge in [0, 0.05) is 37.3 Å². The van der Waals surface area contributed by atoms with Crippen LogP contribution in [0.15, 0.2) is 48.1 Å². The van der Waals surface area contributed by atoms with Gasteiger partial charge in [-0.3, -0.25) is 14.8 Å². The largest absolute Gasteiger partial charge is 0.378 e. The number of benzene rings is 1. The molecule has 0 saturated heterocycles. The molecule has 1 rings (SSSR count). The topological polar surface area (TPSA) is 69.6 Å². The van der Waals surface area contributed by atoms with Gasteiger partial charge >= 0.3 is 0 Å². The molecule has 24 heavy (non-hydrogen) atoms. The Kier molecular flexibility index (Phi) is 7.39. The third-order valence-corrected chi connectivity index (χ3v) is 3.73. The number of carbonyl (C=O) groups excluding carboxylic acids is 2. The van der Waals surface area contributed by atoms with Crippen LogP contribution in [0.25, 0.3) is 0 Å². The molecular weight excluding hydrogens is 304 g/mol. The SMILES string of the molecule is CC(C)C(/C=C/C(=O)NO)=C\[C@@H](C)C(=O)c1ccc(N(C)C)cc1. The average Bonchev–Trinajstić information content (AvgIpc) is 2.56. The maximum Gasteiger partial charge on any atom is 0.267 e. The van der Waals surface area contributed by atoms with Crippen LogP contribution < -0.4 is 10.4 Å². The first kappa shape index (κ1) is 19.6. The zero-order valence-electron chi connectivity index (χ0n) is 14.9. The van der Waals surface area contributed by atoms with Crippen LogP contribution in [0.3, 0.4) is 0 Å². The van der Waals surface area contributed by atoms with Gasteiger partial charge in [0.2, 0.25) is 0 Å².